The summed E-state index contributed by atoms with van der Waals surface area (Å²) in [5, 5.41) is 11.3. The Hall–Kier alpha value is -1.43. The van der Waals surface area contributed by atoms with Gasteiger partial charge in [0.05, 0.1) is 0 Å². The Morgan fingerprint density at radius 3 is 2.88 bits per heavy atom. The summed E-state index contributed by atoms with van der Waals surface area (Å²) < 4.78 is 5.08. The number of aliphatic hydroxyl groups excluding tert-OH is 1. The van der Waals surface area contributed by atoms with Crippen molar-refractivity contribution in [1.29, 1.82) is 0 Å². The number of carbonyl (C=O) groups excluding carboxylic acids is 1. The Morgan fingerprint density at radius 1 is 1.41 bits per heavy atom. The van der Waals surface area contributed by atoms with Crippen molar-refractivity contribution in [3.63, 3.8) is 0 Å². The second-order valence-electron chi connectivity index (χ2n) is 3.54. The fraction of sp³-hybridized carbons (Fsp3) is 0.417. The van der Waals surface area contributed by atoms with Crippen LogP contribution in [0.1, 0.15) is 12.0 Å². The number of para-hydroxylation sites is 1. The molecule has 0 aliphatic heterocycles. The van der Waals surface area contributed by atoms with Gasteiger partial charge in [-0.2, -0.15) is 0 Å². The van der Waals surface area contributed by atoms with Gasteiger partial charge in [0.2, 0.25) is 5.91 Å². The topological polar surface area (TPSA) is 84.6 Å². The molecule has 1 rings (SSSR count). The number of nitrogens with two attached hydrogens (primary N) is 1. The van der Waals surface area contributed by atoms with Crippen molar-refractivity contribution in [3.8, 4) is 0 Å². The van der Waals surface area contributed by atoms with Crippen molar-refractivity contribution in [3.05, 3.63) is 29.8 Å². The van der Waals surface area contributed by atoms with Crippen molar-refractivity contribution in [1.82, 2.24) is 0 Å². The van der Waals surface area contributed by atoms with Gasteiger partial charge < -0.3 is 20.9 Å². The van der Waals surface area contributed by atoms with Crippen LogP contribution in [-0.4, -0.2) is 30.8 Å². The van der Waals surface area contributed by atoms with E-state index in [0.29, 0.717) is 25.3 Å². The number of nitrogens with one attached hydrogen (secondary N) is 1. The Morgan fingerprint density at radius 2 is 2.18 bits per heavy atom. The number of benzene rings is 1. The molecule has 0 aromatic heterocycles. The van der Waals surface area contributed by atoms with Gasteiger partial charge in [-0.1, -0.05) is 18.2 Å². The molecule has 5 nitrogen and oxygen atoms in total. The molecule has 0 bridgehead atoms. The maximum atomic E-state index is 11.5. The van der Waals surface area contributed by atoms with E-state index in [1.54, 1.807) is 6.07 Å². The predicted molar refractivity (Wildman–Crippen MR) is 65.5 cm³/mol. The minimum Gasteiger partial charge on any atom is -0.396 e. The zero-order valence-corrected chi connectivity index (χ0v) is 9.69. The third kappa shape index (κ3) is 4.95. The van der Waals surface area contributed by atoms with E-state index >= 15 is 0 Å². The first-order valence-electron chi connectivity index (χ1n) is 5.54. The third-order valence-corrected chi connectivity index (χ3v) is 2.19. The molecule has 0 saturated heterocycles. The molecule has 1 amide bonds. The average Bonchev–Trinajstić information content (AvgIpc) is 2.35. The van der Waals surface area contributed by atoms with E-state index in [9.17, 15) is 4.79 Å². The number of hydrogen-bond donors (Lipinski definition) is 3. The predicted octanol–water partition coefficient (Wildman–Crippen LogP) is 0.483. The first-order valence-corrected chi connectivity index (χ1v) is 5.54. The summed E-state index contributed by atoms with van der Waals surface area (Å²) in [7, 11) is 0. The van der Waals surface area contributed by atoms with Crippen LogP contribution in [0.15, 0.2) is 24.3 Å². The minimum atomic E-state index is -0.219. The summed E-state index contributed by atoms with van der Waals surface area (Å²) >= 11 is 0. The second kappa shape index (κ2) is 7.78. The summed E-state index contributed by atoms with van der Waals surface area (Å²) in [4.78, 5) is 11.5. The molecular formula is C12H18N2O3. The van der Waals surface area contributed by atoms with Crippen LogP contribution in [0.5, 0.6) is 0 Å². The van der Waals surface area contributed by atoms with Crippen LogP contribution in [0.4, 0.5) is 5.69 Å². The van der Waals surface area contributed by atoms with E-state index in [-0.39, 0.29) is 19.1 Å². The zero-order valence-electron chi connectivity index (χ0n) is 9.69. The highest BCUT2D eigenvalue weighted by atomic mass is 16.5. The molecule has 1 aromatic rings. The van der Waals surface area contributed by atoms with Gasteiger partial charge in [-0.15, -0.1) is 0 Å². The normalized spacial score (nSPS) is 10.2. The maximum absolute atomic E-state index is 11.5. The molecule has 5 heteroatoms. The van der Waals surface area contributed by atoms with Crippen LogP contribution in [0.2, 0.25) is 0 Å². The molecular weight excluding hydrogens is 220 g/mol. The molecule has 0 aliphatic rings. The van der Waals surface area contributed by atoms with E-state index in [4.69, 9.17) is 15.6 Å². The number of anilines is 1. The molecule has 0 heterocycles. The van der Waals surface area contributed by atoms with Gasteiger partial charge in [-0.25, -0.2) is 0 Å². The molecule has 0 saturated carbocycles. The first kappa shape index (κ1) is 13.6. The molecule has 0 fully saturated rings. The fourth-order valence-electron chi connectivity index (χ4n) is 1.34. The smallest absolute Gasteiger partial charge is 0.250 e. The Balaban J connectivity index is 2.39. The van der Waals surface area contributed by atoms with E-state index in [1.807, 2.05) is 18.2 Å². The highest BCUT2D eigenvalue weighted by molar-refractivity contribution is 5.92. The minimum absolute atomic E-state index is 0.0150. The van der Waals surface area contributed by atoms with Crippen LogP contribution in [-0.2, 0) is 16.1 Å². The van der Waals surface area contributed by atoms with E-state index < -0.39 is 0 Å². The number of amides is 1. The lowest BCUT2D eigenvalue weighted by Crippen LogP contribution is -2.20. The zero-order chi connectivity index (χ0) is 12.5. The molecule has 0 unspecified atom stereocenters. The van der Waals surface area contributed by atoms with Crippen molar-refractivity contribution in [2.75, 3.05) is 25.1 Å². The Kier molecular flexibility index (Phi) is 6.24. The lowest BCUT2D eigenvalue weighted by atomic mass is 10.2. The molecule has 0 spiro atoms. The highest BCUT2D eigenvalue weighted by Gasteiger charge is 2.05. The summed E-state index contributed by atoms with van der Waals surface area (Å²) in [5.41, 5.74) is 7.15. The number of carbonyl (C=O) groups is 1. The van der Waals surface area contributed by atoms with Crippen LogP contribution in [0, 0.1) is 0 Å². The number of rotatable bonds is 7. The molecule has 4 N–H and O–H groups in total. The van der Waals surface area contributed by atoms with Gasteiger partial charge in [-0.05, 0) is 18.1 Å². The van der Waals surface area contributed by atoms with Crippen LogP contribution < -0.4 is 11.1 Å². The lowest BCUT2D eigenvalue weighted by Gasteiger charge is -2.09. The molecule has 0 aliphatic carbocycles. The van der Waals surface area contributed by atoms with Crippen LogP contribution in [0.25, 0.3) is 0 Å². The monoisotopic (exact) mass is 238 g/mol. The quantitative estimate of drug-likeness (QED) is 0.603. The molecule has 94 valence electrons. The van der Waals surface area contributed by atoms with Crippen LogP contribution in [0.3, 0.4) is 0 Å². The Labute approximate surface area is 101 Å². The van der Waals surface area contributed by atoms with E-state index in [1.165, 1.54) is 0 Å². The summed E-state index contributed by atoms with van der Waals surface area (Å²) in [6.07, 6.45) is 0.534. The van der Waals surface area contributed by atoms with E-state index in [0.717, 1.165) is 5.56 Å². The average molecular weight is 238 g/mol. The van der Waals surface area contributed by atoms with Crippen molar-refractivity contribution in [2.24, 2.45) is 5.73 Å². The van der Waals surface area contributed by atoms with Crippen molar-refractivity contribution in [2.45, 2.75) is 13.0 Å². The largest absolute Gasteiger partial charge is 0.396 e. The van der Waals surface area contributed by atoms with Gasteiger partial charge in [-0.3, -0.25) is 4.79 Å². The van der Waals surface area contributed by atoms with Gasteiger partial charge in [0.25, 0.3) is 0 Å². The summed E-state index contributed by atoms with van der Waals surface area (Å²) in [5.74, 6) is -0.219. The molecule has 17 heavy (non-hydrogen) atoms. The van der Waals surface area contributed by atoms with Crippen molar-refractivity contribution < 1.29 is 14.6 Å². The third-order valence-electron chi connectivity index (χ3n) is 2.19. The van der Waals surface area contributed by atoms with Gasteiger partial charge in [0.1, 0.15) is 6.61 Å². The number of hydrogen-bond acceptors (Lipinski definition) is 4. The molecule has 0 atom stereocenters. The maximum Gasteiger partial charge on any atom is 0.250 e. The van der Waals surface area contributed by atoms with Gasteiger partial charge in [0, 0.05) is 25.4 Å². The van der Waals surface area contributed by atoms with Crippen molar-refractivity contribution >= 4 is 11.6 Å². The Bertz CT molecular complexity index is 355. The van der Waals surface area contributed by atoms with Gasteiger partial charge in [0.15, 0.2) is 0 Å². The number of ether oxygens (including phenoxy) is 1. The molecule has 1 aromatic carbocycles. The SMILES string of the molecule is NCc1ccccc1NC(=O)COCCCO. The molecule has 0 radical (unpaired) electrons. The van der Waals surface area contributed by atoms with Gasteiger partial charge >= 0.3 is 0 Å². The van der Waals surface area contributed by atoms with Crippen LogP contribution >= 0.6 is 0 Å². The highest BCUT2D eigenvalue weighted by Crippen LogP contribution is 2.13. The standard InChI is InChI=1S/C12H18N2O3/c13-8-10-4-1-2-5-11(10)14-12(16)9-17-7-3-6-15/h1-2,4-5,15H,3,6-9,13H2,(H,14,16). The number of aliphatic hydroxyl groups is 1. The lowest BCUT2D eigenvalue weighted by molar-refractivity contribution is -0.120. The fourth-order valence-corrected chi connectivity index (χ4v) is 1.34. The van der Waals surface area contributed by atoms with E-state index in [2.05, 4.69) is 5.32 Å². The summed E-state index contributed by atoms with van der Waals surface area (Å²) in [6.45, 7) is 0.806. The first-order chi connectivity index (χ1) is 8.27. The second-order valence-corrected chi connectivity index (χ2v) is 3.54. The summed E-state index contributed by atoms with van der Waals surface area (Å²) in [6, 6.07) is 7.37.